The number of aromatic hydroxyl groups is 2. The van der Waals surface area contributed by atoms with Crippen LogP contribution in [-0.2, 0) is 11.3 Å². The summed E-state index contributed by atoms with van der Waals surface area (Å²) in [5.74, 6) is 0.643. The molecule has 0 amide bonds. The van der Waals surface area contributed by atoms with Gasteiger partial charge >= 0.3 is 0 Å². The number of phenolic OH excluding ortho intramolecular Hbond substituents is 2. The van der Waals surface area contributed by atoms with Gasteiger partial charge in [-0.15, -0.1) is 0 Å². The molecule has 3 N–H and O–H groups in total. The lowest BCUT2D eigenvalue weighted by atomic mass is 9.92. The largest absolute Gasteiger partial charge is 0.508 e. The van der Waals surface area contributed by atoms with Crippen LogP contribution in [0.25, 0.3) is 28.4 Å². The molecule has 0 radical (unpaired) electrons. The molecule has 0 saturated carbocycles. The zero-order valence-corrected chi connectivity index (χ0v) is 18.6. The van der Waals surface area contributed by atoms with Crippen molar-refractivity contribution in [3.05, 3.63) is 51.7 Å². The van der Waals surface area contributed by atoms with Gasteiger partial charge in [0, 0.05) is 24.1 Å². The average molecular weight is 452 g/mol. The van der Waals surface area contributed by atoms with E-state index in [4.69, 9.17) is 13.9 Å². The summed E-state index contributed by atoms with van der Waals surface area (Å²) in [6, 6.07) is 5.90. The molecule has 0 aliphatic carbocycles. The molecule has 0 fully saturated rings. The van der Waals surface area contributed by atoms with Crippen LogP contribution in [0.4, 0.5) is 0 Å². The van der Waals surface area contributed by atoms with Crippen LogP contribution in [0.1, 0.15) is 38.8 Å². The molecule has 5 rings (SSSR count). The first kappa shape index (κ1) is 21.4. The van der Waals surface area contributed by atoms with Gasteiger partial charge in [-0.2, -0.15) is 0 Å². The van der Waals surface area contributed by atoms with Gasteiger partial charge in [0.25, 0.3) is 0 Å². The highest BCUT2D eigenvalue weighted by Crippen LogP contribution is 2.45. The van der Waals surface area contributed by atoms with E-state index in [0.29, 0.717) is 16.9 Å². The molecule has 1 atom stereocenters. The Morgan fingerprint density at radius 3 is 2.64 bits per heavy atom. The second-order valence-electron chi connectivity index (χ2n) is 9.48. The second kappa shape index (κ2) is 7.00. The fraction of sp³-hybridized carbons (Fsp3) is 0.320. The Morgan fingerprint density at radius 1 is 1.15 bits per heavy atom. The topological polar surface area (TPSA) is 119 Å². The van der Waals surface area contributed by atoms with Crippen molar-refractivity contribution in [1.82, 2.24) is 0 Å². The number of benzene rings is 2. The average Bonchev–Trinajstić information content (AvgIpc) is 2.90. The molecule has 172 valence electrons. The number of fused-ring (bicyclic) bond motifs is 6. The fourth-order valence-corrected chi connectivity index (χ4v) is 4.25. The molecule has 2 aliphatic heterocycles. The van der Waals surface area contributed by atoms with Crippen molar-refractivity contribution in [1.29, 1.82) is 0 Å². The first-order valence-electron chi connectivity index (χ1n) is 10.6. The van der Waals surface area contributed by atoms with Gasteiger partial charge in [0.15, 0.2) is 11.0 Å². The Morgan fingerprint density at radius 2 is 1.91 bits per heavy atom. The lowest BCUT2D eigenvalue weighted by Crippen LogP contribution is -2.44. The van der Waals surface area contributed by atoms with Gasteiger partial charge in [-0.05, 0) is 52.0 Å². The summed E-state index contributed by atoms with van der Waals surface area (Å²) >= 11 is 0. The van der Waals surface area contributed by atoms with Crippen molar-refractivity contribution >= 4 is 17.0 Å². The Hall–Kier alpha value is -3.49. The third-order valence-electron chi connectivity index (χ3n) is 6.14. The SMILES string of the molecule is CC1(C)C=Cc2c(cc(O)c3c(=O)c4c(oc23)-c2ccc(O)cc2O[C@H](C(C)(C)OO)C4)O1. The standard InChI is InChI=1S/C25H24O8/c1-24(2)8-7-14-18(32-24)11-16(27)20-21(28)15-10-19(25(3,4)33-29)30-17-9-12(26)5-6-13(17)22(15)31-23(14)20/h5-9,11,19,26-27,29H,10H2,1-4H3/t19-/m0/s1. The minimum absolute atomic E-state index is 0.0316. The molecule has 8 nitrogen and oxygen atoms in total. The summed E-state index contributed by atoms with van der Waals surface area (Å²) in [7, 11) is 0. The third kappa shape index (κ3) is 3.34. The van der Waals surface area contributed by atoms with Crippen LogP contribution in [0.15, 0.2) is 39.6 Å². The van der Waals surface area contributed by atoms with E-state index in [2.05, 4.69) is 4.89 Å². The van der Waals surface area contributed by atoms with Gasteiger partial charge in [-0.3, -0.25) is 10.1 Å². The molecule has 0 spiro atoms. The molecule has 33 heavy (non-hydrogen) atoms. The number of rotatable bonds is 2. The number of ether oxygens (including phenoxy) is 2. The molecular weight excluding hydrogens is 428 g/mol. The summed E-state index contributed by atoms with van der Waals surface area (Å²) in [4.78, 5) is 18.3. The molecule has 3 heterocycles. The third-order valence-corrected chi connectivity index (χ3v) is 6.14. The normalized spacial score (nSPS) is 18.5. The van der Waals surface area contributed by atoms with Crippen LogP contribution in [-0.4, -0.2) is 32.8 Å². The van der Waals surface area contributed by atoms with Crippen molar-refractivity contribution < 1.29 is 34.2 Å². The van der Waals surface area contributed by atoms with E-state index in [-0.39, 0.29) is 46.0 Å². The highest BCUT2D eigenvalue weighted by molar-refractivity contribution is 5.95. The number of hydrogen-bond acceptors (Lipinski definition) is 8. The second-order valence-corrected chi connectivity index (χ2v) is 9.48. The lowest BCUT2D eigenvalue weighted by Gasteiger charge is -2.30. The maximum atomic E-state index is 13.7. The number of hydrogen-bond donors (Lipinski definition) is 3. The summed E-state index contributed by atoms with van der Waals surface area (Å²) in [5, 5.41) is 30.3. The summed E-state index contributed by atoms with van der Waals surface area (Å²) in [6.45, 7) is 7.00. The molecule has 8 heteroatoms. The van der Waals surface area contributed by atoms with Crippen LogP contribution in [0.2, 0.25) is 0 Å². The lowest BCUT2D eigenvalue weighted by molar-refractivity contribution is -0.330. The van der Waals surface area contributed by atoms with Gasteiger partial charge in [0.2, 0.25) is 0 Å². The van der Waals surface area contributed by atoms with E-state index >= 15 is 0 Å². The molecule has 2 aromatic carbocycles. The maximum Gasteiger partial charge on any atom is 0.200 e. The van der Waals surface area contributed by atoms with Crippen molar-refractivity contribution in [2.45, 2.75) is 51.4 Å². The Kier molecular flexibility index (Phi) is 4.53. The van der Waals surface area contributed by atoms with E-state index in [1.807, 2.05) is 26.0 Å². The minimum atomic E-state index is -1.19. The monoisotopic (exact) mass is 452 g/mol. The van der Waals surface area contributed by atoms with E-state index in [9.17, 15) is 20.3 Å². The van der Waals surface area contributed by atoms with Gasteiger partial charge in [0.05, 0.1) is 11.1 Å². The predicted molar refractivity (Wildman–Crippen MR) is 121 cm³/mol. The Labute approximate surface area is 189 Å². The minimum Gasteiger partial charge on any atom is -0.508 e. The van der Waals surface area contributed by atoms with Crippen molar-refractivity contribution in [2.75, 3.05) is 0 Å². The molecule has 0 bridgehead atoms. The Bertz CT molecular complexity index is 1380. The highest BCUT2D eigenvalue weighted by atomic mass is 17.1. The summed E-state index contributed by atoms with van der Waals surface area (Å²) in [5.41, 5.74) is -0.743. The van der Waals surface area contributed by atoms with Crippen LogP contribution in [0, 0.1) is 0 Å². The van der Waals surface area contributed by atoms with Crippen LogP contribution < -0.4 is 14.9 Å². The van der Waals surface area contributed by atoms with Crippen molar-refractivity contribution in [2.24, 2.45) is 0 Å². The van der Waals surface area contributed by atoms with Crippen LogP contribution >= 0.6 is 0 Å². The van der Waals surface area contributed by atoms with Crippen LogP contribution in [0.5, 0.6) is 23.0 Å². The van der Waals surface area contributed by atoms with E-state index in [0.717, 1.165) is 0 Å². The summed E-state index contributed by atoms with van der Waals surface area (Å²) in [6.07, 6.45) is 2.90. The Balaban J connectivity index is 1.85. The molecule has 0 unspecified atom stereocenters. The first-order chi connectivity index (χ1) is 15.5. The van der Waals surface area contributed by atoms with Crippen LogP contribution in [0.3, 0.4) is 0 Å². The maximum absolute atomic E-state index is 13.7. The van der Waals surface area contributed by atoms with E-state index < -0.39 is 22.7 Å². The molecular formula is C25H24O8. The van der Waals surface area contributed by atoms with Crippen molar-refractivity contribution in [3.63, 3.8) is 0 Å². The van der Waals surface area contributed by atoms with E-state index in [1.165, 1.54) is 18.2 Å². The quantitative estimate of drug-likeness (QED) is 0.381. The predicted octanol–water partition coefficient (Wildman–Crippen LogP) is 4.63. The molecule has 3 aromatic rings. The zero-order chi connectivity index (χ0) is 23.7. The molecule has 2 aliphatic rings. The molecule has 0 saturated heterocycles. The molecule has 1 aromatic heterocycles. The number of phenols is 2. The van der Waals surface area contributed by atoms with Gasteiger partial charge < -0.3 is 24.1 Å². The van der Waals surface area contributed by atoms with Gasteiger partial charge in [-0.25, -0.2) is 4.89 Å². The zero-order valence-electron chi connectivity index (χ0n) is 18.6. The van der Waals surface area contributed by atoms with E-state index in [1.54, 1.807) is 19.9 Å². The first-order valence-corrected chi connectivity index (χ1v) is 10.6. The van der Waals surface area contributed by atoms with Gasteiger partial charge in [-0.1, -0.05) is 0 Å². The highest BCUT2D eigenvalue weighted by Gasteiger charge is 2.39. The van der Waals surface area contributed by atoms with Gasteiger partial charge in [0.1, 0.15) is 51.5 Å². The summed E-state index contributed by atoms with van der Waals surface area (Å²) < 4.78 is 18.3. The smallest absolute Gasteiger partial charge is 0.200 e. The fourth-order valence-electron chi connectivity index (χ4n) is 4.25. The van der Waals surface area contributed by atoms with Crippen molar-refractivity contribution in [3.8, 4) is 34.3 Å².